The van der Waals surface area contributed by atoms with Crippen LogP contribution in [0.1, 0.15) is 42.2 Å². The van der Waals surface area contributed by atoms with Crippen molar-refractivity contribution in [2.45, 2.75) is 26.3 Å². The molecule has 4 heteroatoms. The Morgan fingerprint density at radius 2 is 1.67 bits per heavy atom. The highest BCUT2D eigenvalue weighted by atomic mass is 16.2. The number of rotatable bonds is 5. The third-order valence-corrected chi connectivity index (χ3v) is 4.52. The van der Waals surface area contributed by atoms with Crippen LogP contribution in [0.4, 0.5) is 5.69 Å². The summed E-state index contributed by atoms with van der Waals surface area (Å²) in [6.45, 7) is 4.00. The zero-order valence-electron chi connectivity index (χ0n) is 14.0. The summed E-state index contributed by atoms with van der Waals surface area (Å²) in [5, 5.41) is 5.89. The summed E-state index contributed by atoms with van der Waals surface area (Å²) in [4.78, 5) is 24.8. The molecule has 2 aromatic rings. The largest absolute Gasteiger partial charge is 0.345 e. The Labute approximate surface area is 142 Å². The van der Waals surface area contributed by atoms with Gasteiger partial charge in [-0.3, -0.25) is 9.59 Å². The molecule has 0 bridgehead atoms. The molecular weight excluding hydrogens is 300 g/mol. The van der Waals surface area contributed by atoms with Crippen LogP contribution in [0.5, 0.6) is 0 Å². The lowest BCUT2D eigenvalue weighted by atomic mass is 10.1. The maximum Gasteiger partial charge on any atom is 0.253 e. The first-order valence-electron chi connectivity index (χ1n) is 8.32. The van der Waals surface area contributed by atoms with Gasteiger partial charge in [-0.1, -0.05) is 49.4 Å². The van der Waals surface area contributed by atoms with Gasteiger partial charge in [-0.25, -0.2) is 0 Å². The van der Waals surface area contributed by atoms with E-state index in [0.29, 0.717) is 17.2 Å². The zero-order valence-corrected chi connectivity index (χ0v) is 14.0. The van der Waals surface area contributed by atoms with Crippen LogP contribution < -0.4 is 10.6 Å². The van der Waals surface area contributed by atoms with Gasteiger partial charge in [0.05, 0.1) is 17.3 Å². The van der Waals surface area contributed by atoms with Crippen LogP contribution in [0.15, 0.2) is 54.6 Å². The Kier molecular flexibility index (Phi) is 4.65. The van der Waals surface area contributed by atoms with Crippen LogP contribution in [0.25, 0.3) is 0 Å². The van der Waals surface area contributed by atoms with Crippen LogP contribution >= 0.6 is 0 Å². The van der Waals surface area contributed by atoms with Gasteiger partial charge in [-0.15, -0.1) is 0 Å². The minimum atomic E-state index is -0.189. The number of anilines is 1. The Hall–Kier alpha value is -2.62. The van der Waals surface area contributed by atoms with Crippen molar-refractivity contribution in [3.05, 3.63) is 65.7 Å². The van der Waals surface area contributed by atoms with Crippen molar-refractivity contribution < 1.29 is 9.59 Å². The lowest BCUT2D eigenvalue weighted by Crippen LogP contribution is -2.28. The van der Waals surface area contributed by atoms with Gasteiger partial charge in [-0.05, 0) is 37.0 Å². The van der Waals surface area contributed by atoms with E-state index in [4.69, 9.17) is 0 Å². The number of benzene rings is 2. The highest BCUT2D eigenvalue weighted by molar-refractivity contribution is 6.04. The fraction of sp³-hybridized carbons (Fsp3) is 0.300. The molecule has 124 valence electrons. The number of carbonyl (C=O) groups excluding carboxylic acids is 2. The fourth-order valence-electron chi connectivity index (χ4n) is 2.80. The number of carbonyl (C=O) groups is 2. The Bertz CT molecular complexity index is 742. The van der Waals surface area contributed by atoms with Crippen molar-refractivity contribution >= 4 is 17.5 Å². The third kappa shape index (κ3) is 3.65. The summed E-state index contributed by atoms with van der Waals surface area (Å²) in [5.74, 6) is 0.318. The van der Waals surface area contributed by atoms with Crippen LogP contribution in [-0.4, -0.2) is 11.8 Å². The second-order valence-corrected chi connectivity index (χ2v) is 6.46. The van der Waals surface area contributed by atoms with Crippen LogP contribution in [0.2, 0.25) is 0 Å². The molecule has 2 aromatic carbocycles. The fourth-order valence-corrected chi connectivity index (χ4v) is 2.80. The summed E-state index contributed by atoms with van der Waals surface area (Å²) >= 11 is 0. The van der Waals surface area contributed by atoms with Crippen molar-refractivity contribution in [3.8, 4) is 0 Å². The summed E-state index contributed by atoms with van der Waals surface area (Å²) in [5.41, 5.74) is 2.10. The monoisotopic (exact) mass is 322 g/mol. The van der Waals surface area contributed by atoms with E-state index in [0.717, 1.165) is 12.0 Å². The predicted octanol–water partition coefficient (Wildman–Crippen LogP) is 3.77. The molecule has 1 aliphatic carbocycles. The summed E-state index contributed by atoms with van der Waals surface area (Å²) in [7, 11) is 0. The zero-order chi connectivity index (χ0) is 17.1. The molecule has 24 heavy (non-hydrogen) atoms. The minimum absolute atomic E-state index is 0.00106. The molecule has 0 aromatic heterocycles. The lowest BCUT2D eigenvalue weighted by molar-refractivity contribution is -0.117. The van der Waals surface area contributed by atoms with Crippen molar-refractivity contribution in [2.75, 3.05) is 5.32 Å². The SMILES string of the molecule is CC(NC(=O)c1ccccc1NC(=O)C1CC1C)c1ccccc1. The molecule has 1 fully saturated rings. The average molecular weight is 322 g/mol. The molecule has 2 N–H and O–H groups in total. The second-order valence-electron chi connectivity index (χ2n) is 6.46. The molecule has 0 radical (unpaired) electrons. The Balaban J connectivity index is 1.71. The number of hydrogen-bond acceptors (Lipinski definition) is 2. The standard InChI is InChI=1S/C20H22N2O2/c1-13-12-17(13)20(24)22-18-11-7-6-10-16(18)19(23)21-14(2)15-8-4-3-5-9-15/h3-11,13-14,17H,12H2,1-2H3,(H,21,23)(H,22,24). The van der Waals surface area contributed by atoms with Crippen LogP contribution in [-0.2, 0) is 4.79 Å². The van der Waals surface area contributed by atoms with Crippen molar-refractivity contribution in [1.29, 1.82) is 0 Å². The van der Waals surface area contributed by atoms with Gasteiger partial charge in [0.15, 0.2) is 0 Å². The molecule has 0 saturated heterocycles. The lowest BCUT2D eigenvalue weighted by Gasteiger charge is -2.16. The molecule has 0 aliphatic heterocycles. The molecule has 0 spiro atoms. The molecule has 0 heterocycles. The molecule has 1 saturated carbocycles. The molecule has 3 atom stereocenters. The summed E-state index contributed by atoms with van der Waals surface area (Å²) in [6.07, 6.45) is 0.922. The molecule has 1 aliphatic rings. The normalized spacial score (nSPS) is 20.1. The number of para-hydroxylation sites is 1. The number of amides is 2. The molecule has 4 nitrogen and oxygen atoms in total. The van der Waals surface area contributed by atoms with E-state index in [-0.39, 0.29) is 23.8 Å². The van der Waals surface area contributed by atoms with E-state index in [9.17, 15) is 9.59 Å². The van der Waals surface area contributed by atoms with Gasteiger partial charge < -0.3 is 10.6 Å². The molecular formula is C20H22N2O2. The number of nitrogens with one attached hydrogen (secondary N) is 2. The van der Waals surface area contributed by atoms with Gasteiger partial charge in [0.1, 0.15) is 0 Å². The predicted molar refractivity (Wildman–Crippen MR) is 94.7 cm³/mol. The third-order valence-electron chi connectivity index (χ3n) is 4.52. The van der Waals surface area contributed by atoms with E-state index in [1.807, 2.05) is 43.3 Å². The van der Waals surface area contributed by atoms with Crippen molar-refractivity contribution in [1.82, 2.24) is 5.32 Å². The van der Waals surface area contributed by atoms with E-state index in [1.54, 1.807) is 18.2 Å². The van der Waals surface area contributed by atoms with E-state index < -0.39 is 0 Å². The van der Waals surface area contributed by atoms with Crippen molar-refractivity contribution in [2.24, 2.45) is 11.8 Å². The molecule has 2 amide bonds. The van der Waals surface area contributed by atoms with Crippen LogP contribution in [0, 0.1) is 11.8 Å². The highest BCUT2D eigenvalue weighted by Crippen LogP contribution is 2.38. The second kappa shape index (κ2) is 6.87. The number of hydrogen-bond donors (Lipinski definition) is 2. The van der Waals surface area contributed by atoms with Crippen molar-refractivity contribution in [3.63, 3.8) is 0 Å². The first kappa shape index (κ1) is 16.2. The molecule has 3 unspecified atom stereocenters. The van der Waals surface area contributed by atoms with Crippen LogP contribution in [0.3, 0.4) is 0 Å². The maximum atomic E-state index is 12.6. The quantitative estimate of drug-likeness (QED) is 0.880. The molecule has 3 rings (SSSR count). The van der Waals surface area contributed by atoms with Gasteiger partial charge in [0.25, 0.3) is 5.91 Å². The maximum absolute atomic E-state index is 12.6. The Morgan fingerprint density at radius 3 is 2.33 bits per heavy atom. The van der Waals surface area contributed by atoms with Gasteiger partial charge in [-0.2, -0.15) is 0 Å². The first-order valence-corrected chi connectivity index (χ1v) is 8.32. The highest BCUT2D eigenvalue weighted by Gasteiger charge is 2.39. The Morgan fingerprint density at radius 1 is 1.04 bits per heavy atom. The minimum Gasteiger partial charge on any atom is -0.345 e. The summed E-state index contributed by atoms with van der Waals surface area (Å²) in [6, 6.07) is 16.8. The van der Waals surface area contributed by atoms with Gasteiger partial charge in [0.2, 0.25) is 5.91 Å². The van der Waals surface area contributed by atoms with E-state index in [2.05, 4.69) is 17.6 Å². The van der Waals surface area contributed by atoms with Gasteiger partial charge >= 0.3 is 0 Å². The topological polar surface area (TPSA) is 58.2 Å². The summed E-state index contributed by atoms with van der Waals surface area (Å²) < 4.78 is 0. The van der Waals surface area contributed by atoms with Gasteiger partial charge in [0, 0.05) is 5.92 Å². The van der Waals surface area contributed by atoms with E-state index >= 15 is 0 Å². The first-order chi connectivity index (χ1) is 11.6. The average Bonchev–Trinajstić information content (AvgIpc) is 3.33. The van der Waals surface area contributed by atoms with E-state index in [1.165, 1.54) is 0 Å². The smallest absolute Gasteiger partial charge is 0.253 e.